The van der Waals surface area contributed by atoms with Crippen molar-refractivity contribution in [2.75, 3.05) is 0 Å². The molecule has 4 rings (SSSR count). The van der Waals surface area contributed by atoms with Crippen molar-refractivity contribution in [3.63, 3.8) is 0 Å². The van der Waals surface area contributed by atoms with Crippen LogP contribution in [0, 0.1) is 0 Å². The topological polar surface area (TPSA) is 25.8 Å². The van der Waals surface area contributed by atoms with Crippen molar-refractivity contribution in [2.45, 2.75) is 10.4 Å². The summed E-state index contributed by atoms with van der Waals surface area (Å²) < 4.78 is 0. The van der Waals surface area contributed by atoms with Gasteiger partial charge in [0.15, 0.2) is 5.16 Å². The summed E-state index contributed by atoms with van der Waals surface area (Å²) in [7, 11) is 0. The second-order valence-corrected chi connectivity index (χ2v) is 5.78. The van der Waals surface area contributed by atoms with E-state index >= 15 is 0 Å². The molecule has 3 aromatic rings. The minimum atomic E-state index is 0.282. The van der Waals surface area contributed by atoms with E-state index in [9.17, 15) is 0 Å². The van der Waals surface area contributed by atoms with E-state index in [1.54, 1.807) is 24.2 Å². The fourth-order valence-corrected chi connectivity index (χ4v) is 3.81. The number of benzene rings is 2. The number of fused-ring (bicyclic) bond motifs is 3. The summed E-state index contributed by atoms with van der Waals surface area (Å²) in [4.78, 5) is 8.68. The third kappa shape index (κ3) is 1.82. The first-order chi connectivity index (χ1) is 9.93. The van der Waals surface area contributed by atoms with Crippen LogP contribution < -0.4 is 0 Å². The first-order valence-electron chi connectivity index (χ1n) is 6.55. The predicted molar refractivity (Wildman–Crippen MR) is 81.6 cm³/mol. The van der Waals surface area contributed by atoms with E-state index < -0.39 is 0 Å². The number of thioether (sulfide) groups is 1. The SMILES string of the molecule is c1cnc(SC2c3ccccc3-c3ccccc32)nc1. The molecule has 3 heteroatoms. The molecule has 0 fully saturated rings. The van der Waals surface area contributed by atoms with Crippen LogP contribution in [-0.2, 0) is 0 Å². The molecule has 2 aromatic carbocycles. The summed E-state index contributed by atoms with van der Waals surface area (Å²) in [5.74, 6) is 0. The van der Waals surface area contributed by atoms with Gasteiger partial charge in [-0.2, -0.15) is 0 Å². The quantitative estimate of drug-likeness (QED) is 0.651. The second-order valence-electron chi connectivity index (χ2n) is 4.70. The first kappa shape index (κ1) is 11.7. The Balaban J connectivity index is 1.83. The summed E-state index contributed by atoms with van der Waals surface area (Å²) >= 11 is 1.71. The third-order valence-corrected chi connectivity index (χ3v) is 4.71. The molecule has 1 aliphatic rings. The maximum absolute atomic E-state index is 4.34. The molecule has 0 aliphatic heterocycles. The molecule has 20 heavy (non-hydrogen) atoms. The minimum absolute atomic E-state index is 0.282. The maximum Gasteiger partial charge on any atom is 0.188 e. The van der Waals surface area contributed by atoms with Gasteiger partial charge in [-0.25, -0.2) is 9.97 Å². The van der Waals surface area contributed by atoms with Crippen LogP contribution in [0.15, 0.2) is 72.1 Å². The summed E-state index contributed by atoms with van der Waals surface area (Å²) in [6.45, 7) is 0. The zero-order valence-electron chi connectivity index (χ0n) is 10.7. The number of rotatable bonds is 2. The lowest BCUT2D eigenvalue weighted by Gasteiger charge is -2.11. The van der Waals surface area contributed by atoms with Gasteiger partial charge in [-0.05, 0) is 28.3 Å². The summed E-state index contributed by atoms with van der Waals surface area (Å²) in [5, 5.41) is 1.11. The number of nitrogens with zero attached hydrogens (tertiary/aromatic N) is 2. The number of aromatic nitrogens is 2. The lowest BCUT2D eigenvalue weighted by molar-refractivity contribution is 0.960. The molecule has 96 valence electrons. The highest BCUT2D eigenvalue weighted by atomic mass is 32.2. The Morgan fingerprint density at radius 3 is 1.85 bits per heavy atom. The van der Waals surface area contributed by atoms with E-state index in [-0.39, 0.29) is 5.25 Å². The highest BCUT2D eigenvalue weighted by Gasteiger charge is 2.29. The Morgan fingerprint density at radius 1 is 0.700 bits per heavy atom. The van der Waals surface area contributed by atoms with Crippen molar-refractivity contribution in [1.29, 1.82) is 0 Å². The van der Waals surface area contributed by atoms with Crippen LogP contribution in [0.3, 0.4) is 0 Å². The molecular formula is C17H12N2S. The summed E-state index contributed by atoms with van der Waals surface area (Å²) in [6, 6.07) is 19.0. The Labute approximate surface area is 121 Å². The molecule has 0 radical (unpaired) electrons. The van der Waals surface area contributed by atoms with Crippen molar-refractivity contribution in [1.82, 2.24) is 9.97 Å². The van der Waals surface area contributed by atoms with Gasteiger partial charge < -0.3 is 0 Å². The highest BCUT2D eigenvalue weighted by Crippen LogP contribution is 2.51. The van der Waals surface area contributed by atoms with Gasteiger partial charge in [0.2, 0.25) is 0 Å². The average molecular weight is 276 g/mol. The molecule has 0 saturated carbocycles. The molecule has 0 spiro atoms. The van der Waals surface area contributed by atoms with Crippen molar-refractivity contribution in [2.24, 2.45) is 0 Å². The molecule has 0 bridgehead atoms. The highest BCUT2D eigenvalue weighted by molar-refractivity contribution is 7.99. The fourth-order valence-electron chi connectivity index (χ4n) is 2.69. The van der Waals surface area contributed by atoms with E-state index in [0.29, 0.717) is 0 Å². The van der Waals surface area contributed by atoms with Gasteiger partial charge in [-0.15, -0.1) is 0 Å². The molecule has 0 saturated heterocycles. The monoisotopic (exact) mass is 276 g/mol. The summed E-state index contributed by atoms with van der Waals surface area (Å²) in [6.07, 6.45) is 3.59. The Bertz CT molecular complexity index is 710. The van der Waals surface area contributed by atoms with Gasteiger partial charge >= 0.3 is 0 Å². The largest absolute Gasteiger partial charge is 0.231 e. The van der Waals surface area contributed by atoms with Crippen LogP contribution in [0.25, 0.3) is 11.1 Å². The van der Waals surface area contributed by atoms with Crippen molar-refractivity contribution in [3.8, 4) is 11.1 Å². The second kappa shape index (κ2) is 4.76. The van der Waals surface area contributed by atoms with Gasteiger partial charge in [0.25, 0.3) is 0 Å². The maximum atomic E-state index is 4.34. The van der Waals surface area contributed by atoms with Crippen molar-refractivity contribution < 1.29 is 0 Å². The molecule has 0 atom stereocenters. The average Bonchev–Trinajstić information content (AvgIpc) is 2.84. The molecule has 0 amide bonds. The number of hydrogen-bond donors (Lipinski definition) is 0. The van der Waals surface area contributed by atoms with Crippen molar-refractivity contribution in [3.05, 3.63) is 78.1 Å². The van der Waals surface area contributed by atoms with Gasteiger partial charge in [0.05, 0.1) is 5.25 Å². The summed E-state index contributed by atoms with van der Waals surface area (Å²) in [5.41, 5.74) is 5.37. The zero-order valence-corrected chi connectivity index (χ0v) is 11.5. The zero-order chi connectivity index (χ0) is 13.4. The van der Waals surface area contributed by atoms with E-state index in [0.717, 1.165) is 5.16 Å². The van der Waals surface area contributed by atoms with Crippen LogP contribution in [0.2, 0.25) is 0 Å². The van der Waals surface area contributed by atoms with E-state index in [2.05, 4.69) is 58.5 Å². The van der Waals surface area contributed by atoms with Crippen molar-refractivity contribution >= 4 is 11.8 Å². The smallest absolute Gasteiger partial charge is 0.188 e. The molecule has 1 aliphatic carbocycles. The number of hydrogen-bond acceptors (Lipinski definition) is 3. The molecular weight excluding hydrogens is 264 g/mol. The predicted octanol–water partition coefficient (Wildman–Crippen LogP) is 4.34. The van der Waals surface area contributed by atoms with Crippen LogP contribution >= 0.6 is 11.8 Å². The molecule has 0 N–H and O–H groups in total. The molecule has 2 nitrogen and oxygen atoms in total. The van der Waals surface area contributed by atoms with Gasteiger partial charge in [0, 0.05) is 12.4 Å². The standard InChI is InChI=1S/C17H12N2S/c1-3-8-14-12(6-1)13-7-2-4-9-15(13)16(14)20-17-18-10-5-11-19-17/h1-11,16H. The van der Waals surface area contributed by atoms with Gasteiger partial charge in [0.1, 0.15) is 0 Å². The lowest BCUT2D eigenvalue weighted by Crippen LogP contribution is -1.93. The van der Waals surface area contributed by atoms with E-state index in [1.807, 2.05) is 6.07 Å². The van der Waals surface area contributed by atoms with Crippen LogP contribution in [0.1, 0.15) is 16.4 Å². The van der Waals surface area contributed by atoms with Gasteiger partial charge in [-0.3, -0.25) is 0 Å². The Hall–Kier alpha value is -2.13. The van der Waals surface area contributed by atoms with Crippen LogP contribution in [0.4, 0.5) is 0 Å². The third-order valence-electron chi connectivity index (χ3n) is 3.54. The first-order valence-corrected chi connectivity index (χ1v) is 7.43. The molecule has 1 aromatic heterocycles. The lowest BCUT2D eigenvalue weighted by atomic mass is 10.1. The van der Waals surface area contributed by atoms with Crippen LogP contribution in [-0.4, -0.2) is 9.97 Å². The van der Waals surface area contributed by atoms with Gasteiger partial charge in [-0.1, -0.05) is 60.3 Å². The molecule has 0 unspecified atom stereocenters. The Morgan fingerprint density at radius 2 is 1.25 bits per heavy atom. The van der Waals surface area contributed by atoms with E-state index in [4.69, 9.17) is 0 Å². The van der Waals surface area contributed by atoms with E-state index in [1.165, 1.54) is 22.3 Å². The normalized spacial score (nSPS) is 13.0. The Kier molecular flexibility index (Phi) is 2.78. The van der Waals surface area contributed by atoms with Crippen LogP contribution in [0.5, 0.6) is 0 Å². The molecule has 1 heterocycles. The fraction of sp³-hybridized carbons (Fsp3) is 0.0588. The minimum Gasteiger partial charge on any atom is -0.231 e.